The van der Waals surface area contributed by atoms with Crippen molar-refractivity contribution in [1.29, 1.82) is 0 Å². The summed E-state index contributed by atoms with van der Waals surface area (Å²) in [5.41, 5.74) is 1.26. The summed E-state index contributed by atoms with van der Waals surface area (Å²) in [6.07, 6.45) is 4.97. The predicted octanol–water partition coefficient (Wildman–Crippen LogP) is 1.29. The zero-order valence-electron chi connectivity index (χ0n) is 14.0. The van der Waals surface area contributed by atoms with Gasteiger partial charge in [-0.3, -0.25) is 9.69 Å². The van der Waals surface area contributed by atoms with Crippen LogP contribution < -0.4 is 5.32 Å². The van der Waals surface area contributed by atoms with E-state index in [2.05, 4.69) is 27.3 Å². The number of morpholine rings is 1. The molecule has 1 aliphatic rings. The van der Waals surface area contributed by atoms with Gasteiger partial charge < -0.3 is 14.6 Å². The monoisotopic (exact) mass is 328 g/mol. The molecular formula is C18H24N4O2. The molecule has 1 aromatic heterocycles. The summed E-state index contributed by atoms with van der Waals surface area (Å²) in [5.74, 6) is -0.0413. The number of benzene rings is 1. The Morgan fingerprint density at radius 1 is 1.42 bits per heavy atom. The molecule has 0 saturated carbocycles. The van der Waals surface area contributed by atoms with Gasteiger partial charge in [0.05, 0.1) is 12.9 Å². The molecule has 6 heteroatoms. The lowest BCUT2D eigenvalue weighted by molar-refractivity contribution is -0.139. The van der Waals surface area contributed by atoms with E-state index in [-0.39, 0.29) is 11.9 Å². The van der Waals surface area contributed by atoms with Gasteiger partial charge in [-0.25, -0.2) is 4.98 Å². The van der Waals surface area contributed by atoms with E-state index in [1.165, 1.54) is 5.56 Å². The highest BCUT2D eigenvalue weighted by molar-refractivity contribution is 5.81. The van der Waals surface area contributed by atoms with Crippen LogP contribution in [0.4, 0.5) is 0 Å². The van der Waals surface area contributed by atoms with Crippen LogP contribution >= 0.6 is 0 Å². The first kappa shape index (κ1) is 16.7. The molecule has 128 valence electrons. The Morgan fingerprint density at radius 2 is 2.25 bits per heavy atom. The second-order valence-corrected chi connectivity index (χ2v) is 6.25. The van der Waals surface area contributed by atoms with E-state index in [1.807, 2.05) is 35.9 Å². The summed E-state index contributed by atoms with van der Waals surface area (Å²) in [5, 5.41) is 3.03. The third kappa shape index (κ3) is 4.66. The number of hydrogen-bond donors (Lipinski definition) is 1. The summed E-state index contributed by atoms with van der Waals surface area (Å²) in [6, 6.07) is 10.3. The quantitative estimate of drug-likeness (QED) is 0.868. The molecule has 1 fully saturated rings. The van der Waals surface area contributed by atoms with Crippen LogP contribution in [-0.2, 0) is 22.6 Å². The molecule has 1 N–H and O–H groups in total. The number of aromatic nitrogens is 2. The van der Waals surface area contributed by atoms with Gasteiger partial charge in [-0.05, 0) is 12.5 Å². The van der Waals surface area contributed by atoms with Gasteiger partial charge in [0.15, 0.2) is 0 Å². The van der Waals surface area contributed by atoms with E-state index >= 15 is 0 Å². The average Bonchev–Trinajstić information content (AvgIpc) is 3.09. The van der Waals surface area contributed by atoms with Crippen LogP contribution in [0.15, 0.2) is 49.1 Å². The topological polar surface area (TPSA) is 59.4 Å². The number of hydrogen-bond acceptors (Lipinski definition) is 4. The van der Waals surface area contributed by atoms with Crippen molar-refractivity contribution in [3.63, 3.8) is 0 Å². The van der Waals surface area contributed by atoms with Gasteiger partial charge >= 0.3 is 0 Å². The molecule has 3 rings (SSSR count). The van der Waals surface area contributed by atoms with E-state index in [0.29, 0.717) is 19.7 Å². The highest BCUT2D eigenvalue weighted by atomic mass is 16.5. The molecule has 6 nitrogen and oxygen atoms in total. The molecule has 1 aromatic carbocycles. The fraction of sp³-hybridized carbons (Fsp3) is 0.444. The van der Waals surface area contributed by atoms with Crippen LogP contribution in [0.1, 0.15) is 12.5 Å². The van der Waals surface area contributed by atoms with Crippen molar-refractivity contribution in [2.45, 2.75) is 32.2 Å². The minimum absolute atomic E-state index is 0.0276. The number of nitrogens with zero attached hydrogens (tertiary/aromatic N) is 3. The molecule has 0 unspecified atom stereocenters. The van der Waals surface area contributed by atoms with Gasteiger partial charge in [0.25, 0.3) is 5.91 Å². The molecule has 2 atom stereocenters. The Hall–Kier alpha value is -2.18. The third-order valence-electron chi connectivity index (χ3n) is 4.12. The summed E-state index contributed by atoms with van der Waals surface area (Å²) >= 11 is 0. The van der Waals surface area contributed by atoms with E-state index in [4.69, 9.17) is 4.74 Å². The predicted molar refractivity (Wildman–Crippen MR) is 91.3 cm³/mol. The van der Waals surface area contributed by atoms with Crippen molar-refractivity contribution < 1.29 is 9.53 Å². The van der Waals surface area contributed by atoms with Gasteiger partial charge in [0.1, 0.15) is 6.10 Å². The molecule has 2 aromatic rings. The van der Waals surface area contributed by atoms with Gasteiger partial charge in [0.2, 0.25) is 0 Å². The van der Waals surface area contributed by atoms with Crippen molar-refractivity contribution >= 4 is 5.91 Å². The molecule has 0 aliphatic carbocycles. The highest BCUT2D eigenvalue weighted by Gasteiger charge is 2.27. The Labute approximate surface area is 142 Å². The first-order valence-corrected chi connectivity index (χ1v) is 8.34. The molecule has 0 spiro atoms. The highest BCUT2D eigenvalue weighted by Crippen LogP contribution is 2.11. The molecular weight excluding hydrogens is 304 g/mol. The Kier molecular flexibility index (Phi) is 5.61. The molecule has 0 bridgehead atoms. The molecule has 1 amide bonds. The van der Waals surface area contributed by atoms with Crippen molar-refractivity contribution in [1.82, 2.24) is 19.8 Å². The first-order valence-electron chi connectivity index (χ1n) is 8.34. The normalized spacial score (nSPS) is 19.8. The number of ether oxygens (including phenoxy) is 1. The van der Waals surface area contributed by atoms with Crippen molar-refractivity contribution in [2.24, 2.45) is 0 Å². The van der Waals surface area contributed by atoms with E-state index in [1.54, 1.807) is 12.5 Å². The minimum atomic E-state index is -0.410. The second kappa shape index (κ2) is 8.08. The lowest BCUT2D eigenvalue weighted by atomic mass is 10.2. The fourth-order valence-corrected chi connectivity index (χ4v) is 2.94. The number of nitrogens with one attached hydrogen (secondary N) is 1. The largest absolute Gasteiger partial charge is 0.366 e. The summed E-state index contributed by atoms with van der Waals surface area (Å²) in [6.45, 7) is 5.59. The van der Waals surface area contributed by atoms with Gasteiger partial charge in [-0.1, -0.05) is 30.3 Å². The first-order chi connectivity index (χ1) is 11.7. The van der Waals surface area contributed by atoms with E-state index in [0.717, 1.165) is 13.1 Å². The van der Waals surface area contributed by atoms with Crippen LogP contribution in [0.2, 0.25) is 0 Å². The van der Waals surface area contributed by atoms with Gasteiger partial charge in [0, 0.05) is 44.6 Å². The maximum Gasteiger partial charge on any atom is 0.250 e. The fourth-order valence-electron chi connectivity index (χ4n) is 2.94. The van der Waals surface area contributed by atoms with Crippen LogP contribution in [-0.4, -0.2) is 52.2 Å². The van der Waals surface area contributed by atoms with Crippen molar-refractivity contribution in [3.05, 3.63) is 54.6 Å². The van der Waals surface area contributed by atoms with Crippen molar-refractivity contribution in [2.75, 3.05) is 19.7 Å². The van der Waals surface area contributed by atoms with Crippen LogP contribution in [0.5, 0.6) is 0 Å². The zero-order chi connectivity index (χ0) is 16.8. The van der Waals surface area contributed by atoms with Crippen LogP contribution in [0.3, 0.4) is 0 Å². The molecule has 1 saturated heterocycles. The number of rotatable bonds is 6. The molecule has 2 heterocycles. The zero-order valence-corrected chi connectivity index (χ0v) is 14.0. The van der Waals surface area contributed by atoms with E-state index < -0.39 is 6.10 Å². The average molecular weight is 328 g/mol. The molecule has 24 heavy (non-hydrogen) atoms. The van der Waals surface area contributed by atoms with Crippen LogP contribution in [0, 0.1) is 0 Å². The standard InChI is InChI=1S/C18H24N4O2/c1-15(11-22-8-7-19-14-22)20-18(23)17-13-21(9-10-24-17)12-16-5-3-2-4-6-16/h2-8,14-15,17H,9-13H2,1H3,(H,20,23)/t15-,17+/m0/s1. The maximum atomic E-state index is 12.4. The Bertz CT molecular complexity index is 630. The number of carbonyl (C=O) groups is 1. The number of imidazole rings is 1. The summed E-state index contributed by atoms with van der Waals surface area (Å²) in [7, 11) is 0. The maximum absolute atomic E-state index is 12.4. The summed E-state index contributed by atoms with van der Waals surface area (Å²) in [4.78, 5) is 18.7. The minimum Gasteiger partial charge on any atom is -0.366 e. The Balaban J connectivity index is 1.49. The van der Waals surface area contributed by atoms with Gasteiger partial charge in [-0.2, -0.15) is 0 Å². The second-order valence-electron chi connectivity index (χ2n) is 6.25. The lowest BCUT2D eigenvalue weighted by Gasteiger charge is -2.32. The lowest BCUT2D eigenvalue weighted by Crippen LogP contribution is -2.51. The number of carbonyl (C=O) groups excluding carboxylic acids is 1. The van der Waals surface area contributed by atoms with Crippen molar-refractivity contribution in [3.8, 4) is 0 Å². The summed E-state index contributed by atoms with van der Waals surface area (Å²) < 4.78 is 7.62. The third-order valence-corrected chi connectivity index (χ3v) is 4.12. The van der Waals surface area contributed by atoms with Crippen LogP contribution in [0.25, 0.3) is 0 Å². The Morgan fingerprint density at radius 3 is 3.00 bits per heavy atom. The van der Waals surface area contributed by atoms with E-state index in [9.17, 15) is 4.79 Å². The SMILES string of the molecule is C[C@@H](Cn1ccnc1)NC(=O)[C@H]1CN(Cc2ccccc2)CCO1. The molecule has 0 radical (unpaired) electrons. The van der Waals surface area contributed by atoms with Gasteiger partial charge in [-0.15, -0.1) is 0 Å². The smallest absolute Gasteiger partial charge is 0.250 e. The number of amides is 1. The molecule has 1 aliphatic heterocycles.